The first-order chi connectivity index (χ1) is 12.7. The summed E-state index contributed by atoms with van der Waals surface area (Å²) in [7, 11) is 0. The monoisotopic (exact) mass is 367 g/mol. The highest BCUT2D eigenvalue weighted by Crippen LogP contribution is 2.42. The number of thioether (sulfide) groups is 1. The molecule has 0 radical (unpaired) electrons. The molecule has 2 N–H and O–H groups in total. The van der Waals surface area contributed by atoms with Crippen LogP contribution in [0.4, 0.5) is 0 Å². The van der Waals surface area contributed by atoms with Crippen LogP contribution < -0.4 is 5.32 Å². The van der Waals surface area contributed by atoms with Gasteiger partial charge in [0.25, 0.3) is 0 Å². The van der Waals surface area contributed by atoms with E-state index in [1.165, 1.54) is 11.8 Å². The van der Waals surface area contributed by atoms with Crippen molar-refractivity contribution < 1.29 is 4.79 Å². The minimum Gasteiger partial charge on any atom is -0.360 e. The number of carbonyl (C=O) groups is 1. The molecule has 6 nitrogen and oxygen atoms in total. The number of fused-ring (bicyclic) bond motifs is 1. The van der Waals surface area contributed by atoms with Gasteiger partial charge in [0.2, 0.25) is 5.91 Å². The minimum absolute atomic E-state index is 0.0940. The van der Waals surface area contributed by atoms with Crippen LogP contribution in [0.2, 0.25) is 0 Å². The average molecular weight is 367 g/mol. The molecule has 134 valence electrons. The number of aromatic amines is 1. The molecule has 2 saturated carbocycles. The third-order valence-electron chi connectivity index (χ3n) is 4.98. The first-order valence-corrected chi connectivity index (χ1v) is 10.1. The molecule has 2 fully saturated rings. The van der Waals surface area contributed by atoms with Crippen LogP contribution in [0.25, 0.3) is 22.3 Å². The number of hydrogen-bond acceptors (Lipinski definition) is 4. The third-order valence-corrected chi connectivity index (χ3v) is 6.04. The molecule has 0 spiro atoms. The molecule has 2 aromatic heterocycles. The molecule has 1 amide bonds. The molecule has 26 heavy (non-hydrogen) atoms. The molecule has 1 atom stereocenters. The lowest BCUT2D eigenvalue weighted by Gasteiger charge is -2.13. The standard InChI is InChI=1S/C19H21N5OS/c1-11(18(25)21-12-6-7-12)26-19-23-22-17(24(19)13-8-9-13)15-10-20-16-5-3-2-4-14(15)16/h2-5,10-13,20H,6-9H2,1H3,(H,21,25)/t11-/m0/s1. The molecule has 2 heterocycles. The molecule has 0 saturated heterocycles. The lowest BCUT2D eigenvalue weighted by Crippen LogP contribution is -2.32. The Bertz CT molecular complexity index is 969. The van der Waals surface area contributed by atoms with Gasteiger partial charge >= 0.3 is 0 Å². The second-order valence-electron chi connectivity index (χ2n) is 7.20. The zero-order valence-electron chi connectivity index (χ0n) is 14.6. The van der Waals surface area contributed by atoms with Gasteiger partial charge in [0, 0.05) is 34.7 Å². The Morgan fingerprint density at radius 2 is 2.08 bits per heavy atom. The fourth-order valence-electron chi connectivity index (χ4n) is 3.22. The molecule has 7 heteroatoms. The second-order valence-corrected chi connectivity index (χ2v) is 8.51. The van der Waals surface area contributed by atoms with Crippen molar-refractivity contribution in [1.29, 1.82) is 0 Å². The minimum atomic E-state index is -0.173. The normalized spacial score (nSPS) is 18.2. The zero-order chi connectivity index (χ0) is 17.7. The molecule has 3 aromatic rings. The molecule has 0 unspecified atom stereocenters. The highest BCUT2D eigenvalue weighted by molar-refractivity contribution is 8.00. The smallest absolute Gasteiger partial charge is 0.233 e. The molecule has 2 aliphatic carbocycles. The lowest BCUT2D eigenvalue weighted by atomic mass is 10.1. The highest BCUT2D eigenvalue weighted by Gasteiger charge is 2.33. The van der Waals surface area contributed by atoms with Gasteiger partial charge in [-0.05, 0) is 38.7 Å². The summed E-state index contributed by atoms with van der Waals surface area (Å²) in [4.78, 5) is 15.6. The molecule has 2 aliphatic rings. The molecule has 1 aromatic carbocycles. The Balaban J connectivity index is 1.47. The Morgan fingerprint density at radius 3 is 2.85 bits per heavy atom. The number of benzene rings is 1. The maximum atomic E-state index is 12.3. The number of amides is 1. The van der Waals surface area contributed by atoms with Crippen molar-refractivity contribution in [1.82, 2.24) is 25.1 Å². The first kappa shape index (κ1) is 15.9. The fraction of sp³-hybridized carbons (Fsp3) is 0.421. The fourth-order valence-corrected chi connectivity index (χ4v) is 4.15. The number of para-hydroxylation sites is 1. The maximum absolute atomic E-state index is 12.3. The van der Waals surface area contributed by atoms with Gasteiger partial charge in [0.15, 0.2) is 11.0 Å². The largest absolute Gasteiger partial charge is 0.360 e. The molecule has 0 aliphatic heterocycles. The first-order valence-electron chi connectivity index (χ1n) is 9.19. The summed E-state index contributed by atoms with van der Waals surface area (Å²) in [5.41, 5.74) is 2.17. The number of H-pyrrole nitrogens is 1. The zero-order valence-corrected chi connectivity index (χ0v) is 15.4. The molecular formula is C19H21N5OS. The van der Waals surface area contributed by atoms with Crippen LogP contribution >= 0.6 is 11.8 Å². The van der Waals surface area contributed by atoms with Gasteiger partial charge in [-0.2, -0.15) is 0 Å². The van der Waals surface area contributed by atoms with Gasteiger partial charge < -0.3 is 10.3 Å². The van der Waals surface area contributed by atoms with E-state index in [1.807, 2.05) is 25.3 Å². The van der Waals surface area contributed by atoms with Crippen molar-refractivity contribution in [3.8, 4) is 11.4 Å². The Labute approximate surface area is 155 Å². The van der Waals surface area contributed by atoms with E-state index < -0.39 is 0 Å². The van der Waals surface area contributed by atoms with Crippen LogP contribution in [0.1, 0.15) is 38.6 Å². The summed E-state index contributed by atoms with van der Waals surface area (Å²) in [5, 5.41) is 13.8. The number of rotatable bonds is 6. The Morgan fingerprint density at radius 1 is 1.27 bits per heavy atom. The highest BCUT2D eigenvalue weighted by atomic mass is 32.2. The van der Waals surface area contributed by atoms with Crippen LogP contribution in [0.3, 0.4) is 0 Å². The summed E-state index contributed by atoms with van der Waals surface area (Å²) in [6, 6.07) is 9.05. The van der Waals surface area contributed by atoms with E-state index in [2.05, 4.69) is 37.2 Å². The summed E-state index contributed by atoms with van der Waals surface area (Å²) in [5.74, 6) is 0.985. The van der Waals surface area contributed by atoms with Gasteiger partial charge in [-0.1, -0.05) is 30.0 Å². The van der Waals surface area contributed by atoms with Gasteiger partial charge in [-0.15, -0.1) is 10.2 Å². The van der Waals surface area contributed by atoms with E-state index in [-0.39, 0.29) is 11.2 Å². The van der Waals surface area contributed by atoms with Crippen LogP contribution in [-0.4, -0.2) is 36.9 Å². The van der Waals surface area contributed by atoms with E-state index in [0.717, 1.165) is 53.1 Å². The number of nitrogens with zero attached hydrogens (tertiary/aromatic N) is 3. The molecule has 0 bridgehead atoms. The Kier molecular flexibility index (Phi) is 3.77. The van der Waals surface area contributed by atoms with E-state index in [1.54, 1.807) is 0 Å². The molecule has 5 rings (SSSR count). The third kappa shape index (κ3) is 2.90. The number of aromatic nitrogens is 4. The van der Waals surface area contributed by atoms with Crippen molar-refractivity contribution in [2.24, 2.45) is 0 Å². The van der Waals surface area contributed by atoms with Gasteiger partial charge in [-0.3, -0.25) is 9.36 Å². The summed E-state index contributed by atoms with van der Waals surface area (Å²) >= 11 is 1.51. The quantitative estimate of drug-likeness (QED) is 0.654. The van der Waals surface area contributed by atoms with Crippen LogP contribution in [0, 0.1) is 0 Å². The molecular weight excluding hydrogens is 346 g/mol. The SMILES string of the molecule is C[C@H](Sc1nnc(-c2c[nH]c3ccccc23)n1C1CC1)C(=O)NC1CC1. The second kappa shape index (κ2) is 6.16. The van der Waals surface area contributed by atoms with Gasteiger partial charge in [0.05, 0.1) is 5.25 Å². The van der Waals surface area contributed by atoms with E-state index in [4.69, 9.17) is 0 Å². The van der Waals surface area contributed by atoms with Crippen molar-refractivity contribution in [2.75, 3.05) is 0 Å². The van der Waals surface area contributed by atoms with Crippen molar-refractivity contribution >= 4 is 28.6 Å². The van der Waals surface area contributed by atoms with Crippen LogP contribution in [0.5, 0.6) is 0 Å². The number of carbonyl (C=O) groups excluding carboxylic acids is 1. The number of nitrogens with one attached hydrogen (secondary N) is 2. The topological polar surface area (TPSA) is 75.6 Å². The van der Waals surface area contributed by atoms with E-state index in [9.17, 15) is 4.79 Å². The van der Waals surface area contributed by atoms with Gasteiger partial charge in [0.1, 0.15) is 0 Å². The maximum Gasteiger partial charge on any atom is 0.233 e. The summed E-state index contributed by atoms with van der Waals surface area (Å²) in [6.07, 6.45) is 6.50. The van der Waals surface area contributed by atoms with Crippen molar-refractivity contribution in [2.45, 2.75) is 55.1 Å². The van der Waals surface area contributed by atoms with Crippen molar-refractivity contribution in [3.63, 3.8) is 0 Å². The average Bonchev–Trinajstić information content (AvgIpc) is 3.57. The van der Waals surface area contributed by atoms with Crippen LogP contribution in [-0.2, 0) is 4.79 Å². The van der Waals surface area contributed by atoms with Crippen molar-refractivity contribution in [3.05, 3.63) is 30.5 Å². The van der Waals surface area contributed by atoms with E-state index >= 15 is 0 Å². The Hall–Kier alpha value is -2.28. The summed E-state index contributed by atoms with van der Waals surface area (Å²) in [6.45, 7) is 1.94. The van der Waals surface area contributed by atoms with Crippen LogP contribution in [0.15, 0.2) is 35.6 Å². The van der Waals surface area contributed by atoms with E-state index in [0.29, 0.717) is 12.1 Å². The number of hydrogen-bond donors (Lipinski definition) is 2. The predicted molar refractivity (Wildman–Crippen MR) is 102 cm³/mol. The predicted octanol–water partition coefficient (Wildman–Crippen LogP) is 3.52. The lowest BCUT2D eigenvalue weighted by molar-refractivity contribution is -0.120. The summed E-state index contributed by atoms with van der Waals surface area (Å²) < 4.78 is 2.22. The van der Waals surface area contributed by atoms with Gasteiger partial charge in [-0.25, -0.2) is 0 Å².